The SMILES string of the molecule is CCN(CC)S(=O)(=O)c1ccc(CN=C(N)N2CCCC(C)C2)s1. The van der Waals surface area contributed by atoms with Crippen LogP contribution in [0.4, 0.5) is 0 Å². The van der Waals surface area contributed by atoms with Crippen LogP contribution in [0.2, 0.25) is 0 Å². The van der Waals surface area contributed by atoms with Crippen LogP contribution in [-0.2, 0) is 16.6 Å². The number of aliphatic imine (C=N–C) groups is 1. The minimum atomic E-state index is -3.38. The van der Waals surface area contributed by atoms with E-state index in [-0.39, 0.29) is 0 Å². The summed E-state index contributed by atoms with van der Waals surface area (Å²) in [5, 5.41) is 0. The summed E-state index contributed by atoms with van der Waals surface area (Å²) in [4.78, 5) is 7.49. The molecule has 1 aliphatic heterocycles. The third kappa shape index (κ3) is 4.49. The molecule has 0 aromatic carbocycles. The molecule has 0 amide bonds. The smallest absolute Gasteiger partial charge is 0.252 e. The molecule has 1 aliphatic rings. The van der Waals surface area contributed by atoms with E-state index in [4.69, 9.17) is 5.73 Å². The summed E-state index contributed by atoms with van der Waals surface area (Å²) in [5.41, 5.74) is 6.10. The van der Waals surface area contributed by atoms with Gasteiger partial charge in [0.25, 0.3) is 10.0 Å². The summed E-state index contributed by atoms with van der Waals surface area (Å²) in [6, 6.07) is 3.50. The van der Waals surface area contributed by atoms with Crippen LogP contribution in [-0.4, -0.2) is 49.8 Å². The van der Waals surface area contributed by atoms with Gasteiger partial charge in [-0.05, 0) is 30.9 Å². The highest BCUT2D eigenvalue weighted by Crippen LogP contribution is 2.25. The molecule has 1 aromatic rings. The topological polar surface area (TPSA) is 79.0 Å². The van der Waals surface area contributed by atoms with Gasteiger partial charge in [-0.1, -0.05) is 20.8 Å². The molecule has 1 atom stereocenters. The second-order valence-corrected chi connectivity index (χ2v) is 9.51. The molecule has 6 nitrogen and oxygen atoms in total. The minimum absolute atomic E-state index is 0.376. The lowest BCUT2D eigenvalue weighted by atomic mass is 10.0. The Hall–Kier alpha value is -1.12. The zero-order chi connectivity index (χ0) is 17.7. The quantitative estimate of drug-likeness (QED) is 0.614. The number of likely N-dealkylation sites (tertiary alicyclic amines) is 1. The molecule has 1 fully saturated rings. The van der Waals surface area contributed by atoms with Gasteiger partial charge in [0.2, 0.25) is 0 Å². The fourth-order valence-electron chi connectivity index (χ4n) is 2.93. The number of sulfonamides is 1. The van der Waals surface area contributed by atoms with Gasteiger partial charge >= 0.3 is 0 Å². The highest BCUT2D eigenvalue weighted by atomic mass is 32.2. The monoisotopic (exact) mass is 372 g/mol. The first-order valence-corrected chi connectivity index (χ1v) is 10.8. The van der Waals surface area contributed by atoms with Crippen LogP contribution in [0.25, 0.3) is 0 Å². The van der Waals surface area contributed by atoms with Gasteiger partial charge in [-0.2, -0.15) is 4.31 Å². The number of rotatable bonds is 6. The summed E-state index contributed by atoms with van der Waals surface area (Å²) in [7, 11) is -3.38. The van der Waals surface area contributed by atoms with E-state index in [0.29, 0.717) is 35.7 Å². The molecule has 1 saturated heterocycles. The van der Waals surface area contributed by atoms with Crippen LogP contribution >= 0.6 is 11.3 Å². The Balaban J connectivity index is 2.04. The van der Waals surface area contributed by atoms with Crippen molar-refractivity contribution in [3.63, 3.8) is 0 Å². The van der Waals surface area contributed by atoms with Crippen LogP contribution in [0.15, 0.2) is 21.3 Å². The number of nitrogens with zero attached hydrogens (tertiary/aromatic N) is 3. The molecule has 8 heteroatoms. The molecule has 136 valence electrons. The molecule has 0 spiro atoms. The normalized spacial score (nSPS) is 19.9. The predicted molar refractivity (Wildman–Crippen MR) is 99.7 cm³/mol. The lowest BCUT2D eigenvalue weighted by Crippen LogP contribution is -2.43. The van der Waals surface area contributed by atoms with Crippen molar-refractivity contribution in [2.45, 2.75) is 44.4 Å². The van der Waals surface area contributed by atoms with Crippen LogP contribution in [0.3, 0.4) is 0 Å². The second kappa shape index (κ2) is 8.31. The third-order valence-corrected chi connectivity index (χ3v) is 7.90. The molecule has 2 N–H and O–H groups in total. The lowest BCUT2D eigenvalue weighted by Gasteiger charge is -2.31. The average Bonchev–Trinajstić information content (AvgIpc) is 3.03. The maximum atomic E-state index is 12.5. The summed E-state index contributed by atoms with van der Waals surface area (Å²) in [6.45, 7) is 9.19. The molecule has 0 saturated carbocycles. The Kier molecular flexibility index (Phi) is 6.65. The van der Waals surface area contributed by atoms with Crippen LogP contribution in [0.5, 0.6) is 0 Å². The van der Waals surface area contributed by atoms with Crippen molar-refractivity contribution in [3.8, 4) is 0 Å². The average molecular weight is 373 g/mol. The first kappa shape index (κ1) is 19.2. The van der Waals surface area contributed by atoms with Gasteiger partial charge in [0.05, 0.1) is 6.54 Å². The molecular weight excluding hydrogens is 344 g/mol. The van der Waals surface area contributed by atoms with E-state index in [1.807, 2.05) is 19.9 Å². The van der Waals surface area contributed by atoms with E-state index in [1.54, 1.807) is 6.07 Å². The van der Waals surface area contributed by atoms with Gasteiger partial charge in [0.15, 0.2) is 5.96 Å². The van der Waals surface area contributed by atoms with Crippen molar-refractivity contribution in [1.29, 1.82) is 0 Å². The highest BCUT2D eigenvalue weighted by Gasteiger charge is 2.23. The summed E-state index contributed by atoms with van der Waals surface area (Å²) >= 11 is 1.28. The largest absolute Gasteiger partial charge is 0.370 e. The fraction of sp³-hybridized carbons (Fsp3) is 0.688. The maximum absolute atomic E-state index is 12.5. The summed E-state index contributed by atoms with van der Waals surface area (Å²) in [5.74, 6) is 1.20. The zero-order valence-corrected chi connectivity index (χ0v) is 16.4. The third-order valence-electron chi connectivity index (χ3n) is 4.31. The van der Waals surface area contributed by atoms with Crippen molar-refractivity contribution < 1.29 is 8.42 Å². The van der Waals surface area contributed by atoms with Crippen LogP contribution in [0, 0.1) is 5.92 Å². The van der Waals surface area contributed by atoms with Crippen molar-refractivity contribution in [2.75, 3.05) is 26.2 Å². The number of piperidine rings is 1. The van der Waals surface area contributed by atoms with Crippen molar-refractivity contribution in [1.82, 2.24) is 9.21 Å². The van der Waals surface area contributed by atoms with E-state index in [9.17, 15) is 8.42 Å². The Morgan fingerprint density at radius 3 is 2.75 bits per heavy atom. The van der Waals surface area contributed by atoms with Gasteiger partial charge in [-0.15, -0.1) is 11.3 Å². The van der Waals surface area contributed by atoms with E-state index in [1.165, 1.54) is 22.1 Å². The Morgan fingerprint density at radius 1 is 1.42 bits per heavy atom. The first-order valence-electron chi connectivity index (χ1n) is 8.52. The number of nitrogens with two attached hydrogens (primary N) is 1. The molecule has 2 heterocycles. The predicted octanol–water partition coefficient (Wildman–Crippen LogP) is 2.33. The molecule has 24 heavy (non-hydrogen) atoms. The van der Waals surface area contributed by atoms with E-state index >= 15 is 0 Å². The van der Waals surface area contributed by atoms with Gasteiger partial charge in [0, 0.05) is 31.1 Å². The lowest BCUT2D eigenvalue weighted by molar-refractivity contribution is 0.270. The van der Waals surface area contributed by atoms with E-state index in [0.717, 1.165) is 24.4 Å². The fourth-order valence-corrected chi connectivity index (χ4v) is 5.82. The van der Waals surface area contributed by atoms with Crippen molar-refractivity contribution >= 4 is 27.3 Å². The number of guanidine groups is 1. The van der Waals surface area contributed by atoms with Gasteiger partial charge in [-0.25, -0.2) is 13.4 Å². The summed E-state index contributed by atoms with van der Waals surface area (Å²) in [6.07, 6.45) is 2.38. The molecule has 0 radical (unpaired) electrons. The van der Waals surface area contributed by atoms with Gasteiger partial charge in [0.1, 0.15) is 4.21 Å². The van der Waals surface area contributed by atoms with E-state index in [2.05, 4.69) is 16.8 Å². The first-order chi connectivity index (χ1) is 11.4. The molecule has 2 rings (SSSR count). The zero-order valence-electron chi connectivity index (χ0n) is 14.7. The molecule has 1 aromatic heterocycles. The molecule has 0 bridgehead atoms. The van der Waals surface area contributed by atoms with Gasteiger partial charge in [-0.3, -0.25) is 0 Å². The molecular formula is C16H28N4O2S2. The molecule has 1 unspecified atom stereocenters. The maximum Gasteiger partial charge on any atom is 0.252 e. The Bertz CT molecular complexity index is 665. The number of hydrogen-bond acceptors (Lipinski definition) is 4. The minimum Gasteiger partial charge on any atom is -0.370 e. The highest BCUT2D eigenvalue weighted by molar-refractivity contribution is 7.91. The van der Waals surface area contributed by atoms with Crippen molar-refractivity contribution in [3.05, 3.63) is 17.0 Å². The second-order valence-electron chi connectivity index (χ2n) is 6.18. The Labute approximate surface area is 149 Å². The van der Waals surface area contributed by atoms with Crippen molar-refractivity contribution in [2.24, 2.45) is 16.6 Å². The summed E-state index contributed by atoms with van der Waals surface area (Å²) < 4.78 is 26.8. The standard InChI is InChI=1S/C16H28N4O2S2/c1-4-20(5-2)24(21,22)15-9-8-14(23-15)11-18-16(17)19-10-6-7-13(3)12-19/h8-9,13H,4-7,10-12H2,1-3H3,(H2,17,18). The number of hydrogen-bond donors (Lipinski definition) is 1. The van der Waals surface area contributed by atoms with E-state index < -0.39 is 10.0 Å². The Morgan fingerprint density at radius 2 is 2.12 bits per heavy atom. The van der Waals surface area contributed by atoms with Gasteiger partial charge < -0.3 is 10.6 Å². The van der Waals surface area contributed by atoms with Crippen LogP contribution < -0.4 is 5.73 Å². The van der Waals surface area contributed by atoms with Crippen LogP contribution in [0.1, 0.15) is 38.5 Å². The molecule has 0 aliphatic carbocycles. The number of thiophene rings is 1.